The van der Waals surface area contributed by atoms with E-state index >= 15 is 0 Å². The fourth-order valence-electron chi connectivity index (χ4n) is 2.31. The summed E-state index contributed by atoms with van der Waals surface area (Å²) >= 11 is 3.51. The van der Waals surface area contributed by atoms with Gasteiger partial charge in [0.2, 0.25) is 5.95 Å². The molecule has 0 radical (unpaired) electrons. The van der Waals surface area contributed by atoms with Crippen LogP contribution < -0.4 is 10.9 Å². The lowest BCUT2D eigenvalue weighted by Crippen LogP contribution is -2.24. The number of nitrogens with one attached hydrogen (secondary N) is 2. The second-order valence-corrected chi connectivity index (χ2v) is 7.18. The Bertz CT molecular complexity index is 907. The number of halogens is 1. The predicted octanol–water partition coefficient (Wildman–Crippen LogP) is 3.25. The van der Waals surface area contributed by atoms with Crippen LogP contribution in [0.2, 0.25) is 0 Å². The average Bonchev–Trinajstić information content (AvgIpc) is 2.91. The van der Waals surface area contributed by atoms with Gasteiger partial charge in [-0.3, -0.25) is 9.78 Å². The molecule has 0 atom stereocenters. The minimum absolute atomic E-state index is 0.194. The van der Waals surface area contributed by atoms with Gasteiger partial charge in [0.15, 0.2) is 5.65 Å². The molecule has 3 rings (SSSR count). The van der Waals surface area contributed by atoms with E-state index in [1.54, 1.807) is 10.9 Å². The first-order chi connectivity index (χ1) is 10.9. The van der Waals surface area contributed by atoms with Crippen molar-refractivity contribution in [3.63, 3.8) is 0 Å². The van der Waals surface area contributed by atoms with Crippen LogP contribution in [0, 0.1) is 0 Å². The summed E-state index contributed by atoms with van der Waals surface area (Å²) in [5.41, 5.74) is 1.22. The summed E-state index contributed by atoms with van der Waals surface area (Å²) in [5, 5.41) is 7.96. The van der Waals surface area contributed by atoms with E-state index in [4.69, 9.17) is 0 Å². The van der Waals surface area contributed by atoms with Crippen molar-refractivity contribution in [2.45, 2.75) is 32.9 Å². The van der Waals surface area contributed by atoms with E-state index in [1.807, 2.05) is 45.0 Å². The smallest absolute Gasteiger partial charge is 0.263 e. The number of benzene rings is 1. The van der Waals surface area contributed by atoms with Gasteiger partial charge in [-0.05, 0) is 32.4 Å². The number of hydrogen-bond acceptors (Lipinski definition) is 4. The molecule has 0 aliphatic heterocycles. The summed E-state index contributed by atoms with van der Waals surface area (Å²) in [5.74, 6) is 0.434. The molecule has 23 heavy (non-hydrogen) atoms. The maximum Gasteiger partial charge on any atom is 0.263 e. The van der Waals surface area contributed by atoms with Crippen molar-refractivity contribution >= 4 is 32.9 Å². The van der Waals surface area contributed by atoms with E-state index < -0.39 is 0 Å². The number of H-pyrrole nitrogens is 1. The van der Waals surface area contributed by atoms with Gasteiger partial charge >= 0.3 is 0 Å². The molecule has 1 aromatic carbocycles. The molecule has 6 nitrogen and oxygen atoms in total. The molecular weight excluding hydrogens is 358 g/mol. The van der Waals surface area contributed by atoms with Crippen LogP contribution in [-0.2, 0) is 12.1 Å². The normalized spacial score (nSPS) is 11.8. The van der Waals surface area contributed by atoms with Crippen molar-refractivity contribution in [1.82, 2.24) is 19.7 Å². The molecule has 7 heteroatoms. The molecule has 0 bridgehead atoms. The third-order valence-corrected chi connectivity index (χ3v) is 4.25. The lowest BCUT2D eigenvalue weighted by atomic mass is 10.1. The highest BCUT2D eigenvalue weighted by atomic mass is 79.9. The highest BCUT2D eigenvalue weighted by molar-refractivity contribution is 9.10. The quantitative estimate of drug-likeness (QED) is 0.736. The van der Waals surface area contributed by atoms with Crippen molar-refractivity contribution < 1.29 is 0 Å². The van der Waals surface area contributed by atoms with Crippen molar-refractivity contribution in [3.05, 3.63) is 50.9 Å². The molecule has 0 spiro atoms. The molecule has 2 N–H and O–H groups in total. The van der Waals surface area contributed by atoms with E-state index in [0.717, 1.165) is 10.0 Å². The van der Waals surface area contributed by atoms with Crippen molar-refractivity contribution in [3.8, 4) is 0 Å². The van der Waals surface area contributed by atoms with E-state index in [-0.39, 0.29) is 11.1 Å². The number of hydrogen-bond donors (Lipinski definition) is 2. The van der Waals surface area contributed by atoms with Gasteiger partial charge < -0.3 is 5.32 Å². The second-order valence-electron chi connectivity index (χ2n) is 6.32. The summed E-state index contributed by atoms with van der Waals surface area (Å²) < 4.78 is 2.77. The standard InChI is InChI=1S/C16H18BrN5O/c1-16(2,3)22-13-11(9-19-22)14(23)21-15(20-13)18-8-10-6-4-5-7-12(10)17/h4-7,9H,8H2,1-3H3,(H2,18,20,21,23). The number of nitrogens with zero attached hydrogens (tertiary/aromatic N) is 3. The van der Waals surface area contributed by atoms with Gasteiger partial charge in [-0.2, -0.15) is 10.1 Å². The summed E-state index contributed by atoms with van der Waals surface area (Å²) in [6, 6.07) is 7.91. The summed E-state index contributed by atoms with van der Waals surface area (Å²) in [7, 11) is 0. The SMILES string of the molecule is CC(C)(C)n1ncc2c(=O)[nH]c(NCc3ccccc3Br)nc21. The van der Waals surface area contributed by atoms with Gasteiger partial charge in [-0.25, -0.2) is 4.68 Å². The third-order valence-electron chi connectivity index (χ3n) is 3.48. The first-order valence-electron chi connectivity index (χ1n) is 7.32. The Morgan fingerprint density at radius 1 is 1.30 bits per heavy atom. The van der Waals surface area contributed by atoms with Crippen LogP contribution in [0.3, 0.4) is 0 Å². The Morgan fingerprint density at radius 3 is 2.74 bits per heavy atom. The molecular formula is C16H18BrN5O. The fourth-order valence-corrected chi connectivity index (χ4v) is 2.74. The minimum Gasteiger partial charge on any atom is -0.352 e. The third kappa shape index (κ3) is 3.14. The topological polar surface area (TPSA) is 75.6 Å². The van der Waals surface area contributed by atoms with E-state index in [2.05, 4.69) is 36.3 Å². The molecule has 0 aliphatic rings. The molecule has 0 amide bonds. The Kier molecular flexibility index (Phi) is 3.97. The monoisotopic (exact) mass is 375 g/mol. The van der Waals surface area contributed by atoms with Crippen LogP contribution in [0.25, 0.3) is 11.0 Å². The Morgan fingerprint density at radius 2 is 2.04 bits per heavy atom. The maximum atomic E-state index is 12.2. The molecule has 0 saturated heterocycles. The summed E-state index contributed by atoms with van der Waals surface area (Å²) in [6.45, 7) is 6.63. The van der Waals surface area contributed by atoms with Crippen LogP contribution >= 0.6 is 15.9 Å². The Balaban J connectivity index is 1.96. The van der Waals surface area contributed by atoms with Crippen LogP contribution in [0.4, 0.5) is 5.95 Å². The number of fused-ring (bicyclic) bond motifs is 1. The second kappa shape index (κ2) is 5.81. The molecule has 0 saturated carbocycles. The maximum absolute atomic E-state index is 12.2. The van der Waals surface area contributed by atoms with Crippen molar-refractivity contribution in [2.75, 3.05) is 5.32 Å². The Hall–Kier alpha value is -2.15. The number of anilines is 1. The zero-order valence-corrected chi connectivity index (χ0v) is 14.8. The van der Waals surface area contributed by atoms with Gasteiger partial charge in [0.25, 0.3) is 5.56 Å². The largest absolute Gasteiger partial charge is 0.352 e. The molecule has 0 unspecified atom stereocenters. The van der Waals surface area contributed by atoms with Crippen LogP contribution in [0.5, 0.6) is 0 Å². The molecule has 2 aromatic heterocycles. The first kappa shape index (κ1) is 15.7. The highest BCUT2D eigenvalue weighted by Gasteiger charge is 2.19. The van der Waals surface area contributed by atoms with Gasteiger partial charge in [-0.15, -0.1) is 0 Å². The lowest BCUT2D eigenvalue weighted by Gasteiger charge is -2.19. The Labute approximate surface area is 142 Å². The van der Waals surface area contributed by atoms with Crippen molar-refractivity contribution in [2.24, 2.45) is 0 Å². The minimum atomic E-state index is -0.248. The number of aromatic nitrogens is 4. The van der Waals surface area contributed by atoms with Gasteiger partial charge in [0.1, 0.15) is 5.39 Å². The molecule has 2 heterocycles. The first-order valence-corrected chi connectivity index (χ1v) is 8.11. The molecule has 3 aromatic rings. The fraction of sp³-hybridized carbons (Fsp3) is 0.312. The van der Waals surface area contributed by atoms with E-state index in [0.29, 0.717) is 23.5 Å². The summed E-state index contributed by atoms with van der Waals surface area (Å²) in [4.78, 5) is 19.5. The molecule has 0 aliphatic carbocycles. The van der Waals surface area contributed by atoms with Crippen LogP contribution in [0.1, 0.15) is 26.3 Å². The van der Waals surface area contributed by atoms with Crippen LogP contribution in [0.15, 0.2) is 39.7 Å². The van der Waals surface area contributed by atoms with Gasteiger partial charge in [-0.1, -0.05) is 34.1 Å². The van der Waals surface area contributed by atoms with Crippen LogP contribution in [-0.4, -0.2) is 19.7 Å². The number of aromatic amines is 1. The van der Waals surface area contributed by atoms with E-state index in [9.17, 15) is 4.79 Å². The summed E-state index contributed by atoms with van der Waals surface area (Å²) in [6.07, 6.45) is 1.56. The van der Waals surface area contributed by atoms with E-state index in [1.165, 1.54) is 0 Å². The predicted molar refractivity (Wildman–Crippen MR) is 94.6 cm³/mol. The zero-order chi connectivity index (χ0) is 16.6. The average molecular weight is 376 g/mol. The van der Waals surface area contributed by atoms with Gasteiger partial charge in [0, 0.05) is 11.0 Å². The zero-order valence-electron chi connectivity index (χ0n) is 13.2. The molecule has 0 fully saturated rings. The lowest BCUT2D eigenvalue weighted by molar-refractivity contribution is 0.366. The van der Waals surface area contributed by atoms with Crippen molar-refractivity contribution in [1.29, 1.82) is 0 Å². The number of rotatable bonds is 3. The highest BCUT2D eigenvalue weighted by Crippen LogP contribution is 2.20. The van der Waals surface area contributed by atoms with Gasteiger partial charge in [0.05, 0.1) is 11.7 Å². The molecule has 120 valence electrons.